The molecule has 110 valence electrons. The van der Waals surface area contributed by atoms with Crippen LogP contribution in [0, 0.1) is 0 Å². The monoisotopic (exact) mass is 277 g/mol. The molecule has 1 atom stereocenters. The van der Waals surface area contributed by atoms with Gasteiger partial charge in [-0.1, -0.05) is 6.42 Å². The molecule has 1 aliphatic rings. The van der Waals surface area contributed by atoms with E-state index in [1.54, 1.807) is 0 Å². The summed E-state index contributed by atoms with van der Waals surface area (Å²) in [5.74, 6) is -0.0723. The van der Waals surface area contributed by atoms with E-state index in [1.165, 1.54) is 38.2 Å². The number of amides is 1. The number of nitrogens with one attached hydrogen (secondary N) is 1. The van der Waals surface area contributed by atoms with Crippen molar-refractivity contribution in [3.8, 4) is 0 Å². The van der Waals surface area contributed by atoms with Crippen LogP contribution in [-0.4, -0.2) is 46.5 Å². The molecule has 2 rings (SSSR count). The molecule has 0 aromatic carbocycles. The molecule has 20 heavy (non-hydrogen) atoms. The highest BCUT2D eigenvalue weighted by Crippen LogP contribution is 2.16. The van der Waals surface area contributed by atoms with Gasteiger partial charge in [-0.3, -0.25) is 4.79 Å². The molecule has 1 aromatic heterocycles. The van der Waals surface area contributed by atoms with E-state index in [0.717, 1.165) is 13.0 Å². The first kappa shape index (κ1) is 14.7. The second-order valence-electron chi connectivity index (χ2n) is 5.28. The second kappa shape index (κ2) is 7.19. The van der Waals surface area contributed by atoms with E-state index < -0.39 is 0 Å². The summed E-state index contributed by atoms with van der Waals surface area (Å²) in [7, 11) is 0. The number of hydrogen-bond acceptors (Lipinski definition) is 5. The lowest BCUT2D eigenvalue weighted by atomic mass is 10.0. The van der Waals surface area contributed by atoms with Gasteiger partial charge >= 0.3 is 0 Å². The topological polar surface area (TPSA) is 84.1 Å². The van der Waals surface area contributed by atoms with E-state index in [1.807, 2.05) is 0 Å². The van der Waals surface area contributed by atoms with Crippen molar-refractivity contribution in [2.75, 3.05) is 25.4 Å². The van der Waals surface area contributed by atoms with E-state index in [4.69, 9.17) is 5.73 Å². The van der Waals surface area contributed by atoms with Crippen LogP contribution in [0.1, 0.15) is 43.1 Å². The maximum atomic E-state index is 11.9. The zero-order valence-corrected chi connectivity index (χ0v) is 12.0. The van der Waals surface area contributed by atoms with Gasteiger partial charge in [0.25, 0.3) is 5.91 Å². The molecule has 1 amide bonds. The zero-order valence-electron chi connectivity index (χ0n) is 12.0. The van der Waals surface area contributed by atoms with Gasteiger partial charge in [0.2, 0.25) is 0 Å². The Balaban J connectivity index is 1.71. The molecule has 1 aromatic rings. The third-order valence-corrected chi connectivity index (χ3v) is 3.79. The number of nitrogen functional groups attached to an aromatic ring is 1. The van der Waals surface area contributed by atoms with Gasteiger partial charge in [-0.25, -0.2) is 9.97 Å². The summed E-state index contributed by atoms with van der Waals surface area (Å²) < 4.78 is 0. The van der Waals surface area contributed by atoms with Crippen molar-refractivity contribution in [3.63, 3.8) is 0 Å². The number of rotatable bonds is 5. The second-order valence-corrected chi connectivity index (χ2v) is 5.28. The van der Waals surface area contributed by atoms with E-state index >= 15 is 0 Å². The van der Waals surface area contributed by atoms with Crippen LogP contribution in [0.15, 0.2) is 12.4 Å². The lowest BCUT2D eigenvalue weighted by molar-refractivity contribution is 0.0944. The summed E-state index contributed by atoms with van der Waals surface area (Å²) in [5, 5.41) is 2.85. The van der Waals surface area contributed by atoms with Crippen molar-refractivity contribution in [3.05, 3.63) is 18.1 Å². The zero-order chi connectivity index (χ0) is 14.4. The minimum atomic E-state index is -0.248. The van der Waals surface area contributed by atoms with Crippen LogP contribution in [0.4, 0.5) is 5.82 Å². The normalized spacial score (nSPS) is 19.8. The van der Waals surface area contributed by atoms with Crippen molar-refractivity contribution in [2.24, 2.45) is 0 Å². The van der Waals surface area contributed by atoms with Crippen molar-refractivity contribution < 1.29 is 4.79 Å². The number of nitrogens with two attached hydrogens (primary N) is 1. The van der Waals surface area contributed by atoms with Gasteiger partial charge in [0, 0.05) is 31.5 Å². The molecule has 1 fully saturated rings. The molecule has 6 heteroatoms. The van der Waals surface area contributed by atoms with Gasteiger partial charge < -0.3 is 16.0 Å². The highest BCUT2D eigenvalue weighted by molar-refractivity contribution is 5.96. The van der Waals surface area contributed by atoms with Crippen LogP contribution < -0.4 is 11.1 Å². The molecular weight excluding hydrogens is 254 g/mol. The largest absolute Gasteiger partial charge is 0.382 e. The van der Waals surface area contributed by atoms with Crippen LogP contribution in [0.5, 0.6) is 0 Å². The van der Waals surface area contributed by atoms with Crippen molar-refractivity contribution in [1.82, 2.24) is 20.2 Å². The van der Waals surface area contributed by atoms with Gasteiger partial charge in [-0.2, -0.15) is 0 Å². The third-order valence-electron chi connectivity index (χ3n) is 3.79. The fraction of sp³-hybridized carbons (Fsp3) is 0.643. The average molecular weight is 277 g/mol. The Bertz CT molecular complexity index is 451. The van der Waals surface area contributed by atoms with Crippen molar-refractivity contribution in [1.29, 1.82) is 0 Å². The van der Waals surface area contributed by atoms with Crippen LogP contribution in [0.25, 0.3) is 0 Å². The maximum absolute atomic E-state index is 11.9. The van der Waals surface area contributed by atoms with Gasteiger partial charge in [-0.15, -0.1) is 0 Å². The molecule has 0 radical (unpaired) electrons. The van der Waals surface area contributed by atoms with Gasteiger partial charge in [-0.05, 0) is 32.7 Å². The fourth-order valence-corrected chi connectivity index (χ4v) is 2.58. The molecule has 1 unspecified atom stereocenters. The summed E-state index contributed by atoms with van der Waals surface area (Å²) in [6.07, 6.45) is 7.79. The Morgan fingerprint density at radius 2 is 2.25 bits per heavy atom. The molecular formula is C14H23N5O. The molecule has 0 bridgehead atoms. The minimum absolute atomic E-state index is 0.176. The quantitative estimate of drug-likeness (QED) is 0.786. The maximum Gasteiger partial charge on any atom is 0.273 e. The molecule has 2 heterocycles. The summed E-state index contributed by atoms with van der Waals surface area (Å²) in [4.78, 5) is 22.2. The predicted octanol–water partition coefficient (Wildman–Crippen LogP) is 1.05. The Morgan fingerprint density at radius 1 is 1.45 bits per heavy atom. The number of likely N-dealkylation sites (tertiary alicyclic amines) is 1. The third kappa shape index (κ3) is 3.90. The van der Waals surface area contributed by atoms with E-state index in [-0.39, 0.29) is 17.4 Å². The van der Waals surface area contributed by atoms with Gasteiger partial charge in [0.15, 0.2) is 11.5 Å². The number of nitrogens with zero attached hydrogens (tertiary/aromatic N) is 3. The Hall–Kier alpha value is -1.69. The molecule has 1 aliphatic heterocycles. The molecule has 0 aliphatic carbocycles. The smallest absolute Gasteiger partial charge is 0.273 e. The Kier molecular flexibility index (Phi) is 5.29. The number of aromatic nitrogens is 2. The van der Waals surface area contributed by atoms with Crippen LogP contribution in [0.2, 0.25) is 0 Å². The number of piperidine rings is 1. The number of hydrogen-bond donors (Lipinski definition) is 2. The molecule has 1 saturated heterocycles. The highest BCUT2D eigenvalue weighted by atomic mass is 16.1. The molecule has 0 spiro atoms. The number of carbonyl (C=O) groups excluding carboxylic acids is 1. The summed E-state index contributed by atoms with van der Waals surface area (Å²) in [6, 6.07) is 0.662. The minimum Gasteiger partial charge on any atom is -0.382 e. The lowest BCUT2D eigenvalue weighted by Crippen LogP contribution is -2.39. The van der Waals surface area contributed by atoms with Crippen LogP contribution in [0.3, 0.4) is 0 Å². The number of carbonyl (C=O) groups is 1. The summed E-state index contributed by atoms with van der Waals surface area (Å²) >= 11 is 0. The Labute approximate surface area is 119 Å². The summed E-state index contributed by atoms with van der Waals surface area (Å²) in [6.45, 7) is 5.11. The van der Waals surface area contributed by atoms with Gasteiger partial charge in [0.1, 0.15) is 0 Å². The average Bonchev–Trinajstić information content (AvgIpc) is 2.45. The summed E-state index contributed by atoms with van der Waals surface area (Å²) in [5.41, 5.74) is 5.83. The molecule has 6 nitrogen and oxygen atoms in total. The van der Waals surface area contributed by atoms with E-state index in [2.05, 4.69) is 27.1 Å². The van der Waals surface area contributed by atoms with Gasteiger partial charge in [0.05, 0.1) is 0 Å². The van der Waals surface area contributed by atoms with Crippen LogP contribution >= 0.6 is 0 Å². The van der Waals surface area contributed by atoms with Crippen molar-refractivity contribution >= 4 is 11.7 Å². The Morgan fingerprint density at radius 3 is 3.00 bits per heavy atom. The first-order valence-corrected chi connectivity index (χ1v) is 7.27. The van der Waals surface area contributed by atoms with E-state index in [0.29, 0.717) is 12.6 Å². The SMILES string of the molecule is CC1CCCCN1CCCNC(=O)c1nccnc1N. The molecule has 0 saturated carbocycles. The van der Waals surface area contributed by atoms with E-state index in [9.17, 15) is 4.79 Å². The predicted molar refractivity (Wildman–Crippen MR) is 78.3 cm³/mol. The lowest BCUT2D eigenvalue weighted by Gasteiger charge is -2.33. The first-order valence-electron chi connectivity index (χ1n) is 7.27. The molecule has 3 N–H and O–H groups in total. The van der Waals surface area contributed by atoms with Crippen molar-refractivity contribution in [2.45, 2.75) is 38.6 Å². The van der Waals surface area contributed by atoms with Crippen LogP contribution in [-0.2, 0) is 0 Å². The first-order chi connectivity index (χ1) is 9.68. The fourth-order valence-electron chi connectivity index (χ4n) is 2.58. The standard InChI is InChI=1S/C14H23N5O/c1-11-5-2-3-9-19(11)10-4-6-18-14(20)12-13(15)17-8-7-16-12/h7-8,11H,2-6,9-10H2,1H3,(H2,15,17)(H,18,20). The number of anilines is 1. The highest BCUT2D eigenvalue weighted by Gasteiger charge is 2.17.